The van der Waals surface area contributed by atoms with Gasteiger partial charge in [-0.2, -0.15) is 0 Å². The number of aromatic hydroxyl groups is 2. The van der Waals surface area contributed by atoms with E-state index in [1.807, 2.05) is 0 Å². The Labute approximate surface area is 364 Å². The molecular weight excluding hydrogens is 910 g/mol. The number of fused-ring (bicyclic) bond motifs is 2. The second kappa shape index (κ2) is 18.4. The smallest absolute Gasteiger partial charge is 0.744 e. The van der Waals surface area contributed by atoms with E-state index in [9.17, 15) is 56.4 Å². The summed E-state index contributed by atoms with van der Waals surface area (Å²) in [6, 6.07) is 21.9. The monoisotopic (exact) mass is 938 g/mol. The first-order chi connectivity index (χ1) is 26.5. The topological polar surface area (TPSA) is 291 Å². The Morgan fingerprint density at radius 2 is 0.842 bits per heavy atom. The van der Waals surface area contributed by atoms with Crippen LogP contribution in [-0.2, 0) is 33.1 Å². The van der Waals surface area contributed by atoms with E-state index in [0.29, 0.717) is 24.0 Å². The summed E-state index contributed by atoms with van der Waals surface area (Å²) in [5.41, 5.74) is 0.571. The molecule has 0 aliphatic rings. The van der Waals surface area contributed by atoms with Crippen molar-refractivity contribution in [3.63, 3.8) is 0 Å². The van der Waals surface area contributed by atoms with Gasteiger partial charge in [-0.3, -0.25) is 20.2 Å². The van der Waals surface area contributed by atoms with E-state index in [1.54, 1.807) is 26.0 Å². The second-order valence-electron chi connectivity index (χ2n) is 11.7. The molecule has 18 nitrogen and oxygen atoms in total. The summed E-state index contributed by atoms with van der Waals surface area (Å²) in [6.07, 6.45) is 0.937. The summed E-state index contributed by atoms with van der Waals surface area (Å²) in [4.78, 5) is 20.5. The number of aryl methyl sites for hydroxylation is 2. The van der Waals surface area contributed by atoms with Crippen LogP contribution in [0.1, 0.15) is 25.0 Å². The van der Waals surface area contributed by atoms with E-state index in [1.165, 1.54) is 72.8 Å². The van der Waals surface area contributed by atoms with Crippen molar-refractivity contribution in [2.75, 3.05) is 0 Å². The molecule has 0 fully saturated rings. The molecule has 57 heavy (non-hydrogen) atoms. The molecule has 0 aliphatic heterocycles. The molecule has 0 heterocycles. The third kappa shape index (κ3) is 9.87. The fourth-order valence-corrected chi connectivity index (χ4v) is 7.09. The van der Waals surface area contributed by atoms with Gasteiger partial charge in [0.25, 0.3) is 11.4 Å². The molecule has 0 saturated carbocycles. The average molecular weight is 938 g/mol. The maximum absolute atomic E-state index is 11.5. The molecule has 0 aliphatic carbocycles. The molecule has 0 radical (unpaired) electrons. The van der Waals surface area contributed by atoms with Crippen LogP contribution >= 0.6 is 0 Å². The molecule has 6 aromatic carbocycles. The number of nitrogens with zero attached hydrogens (tertiary/aromatic N) is 6. The van der Waals surface area contributed by atoms with Gasteiger partial charge in [0, 0.05) is 33.7 Å². The number of hydrogen-bond donors (Lipinski definition) is 2. The van der Waals surface area contributed by atoms with Gasteiger partial charge >= 0.3 is 48.9 Å². The van der Waals surface area contributed by atoms with Crippen LogP contribution in [0.25, 0.3) is 21.5 Å². The SMILES string of the molecule is CCc1cccc([N+](=O)[O-])c1N=Nc1c(O)ccc2c(S(=O)(=O)[O-])cccc12.CCc1cccc([N+](=O)[O-])c1N=Nc1c(O)ccc2c(S(=O)(=O)[O-])cccc12.[Ba+2]. The largest absolute Gasteiger partial charge is 2.00 e. The fourth-order valence-electron chi connectivity index (χ4n) is 5.70. The minimum absolute atomic E-state index is 0. The third-order valence-corrected chi connectivity index (χ3v) is 10.1. The maximum atomic E-state index is 11.5. The van der Waals surface area contributed by atoms with Gasteiger partial charge in [-0.05, 0) is 60.4 Å². The van der Waals surface area contributed by atoms with E-state index >= 15 is 0 Å². The third-order valence-electron chi connectivity index (χ3n) is 8.33. The molecule has 6 aromatic rings. The zero-order valence-corrected chi connectivity index (χ0v) is 35.9. The van der Waals surface area contributed by atoms with Gasteiger partial charge in [-0.25, -0.2) is 16.8 Å². The molecule has 0 atom stereocenters. The van der Waals surface area contributed by atoms with Crippen LogP contribution in [0, 0.1) is 20.2 Å². The minimum atomic E-state index is -4.75. The molecule has 0 amide bonds. The molecule has 21 heteroatoms. The van der Waals surface area contributed by atoms with Crippen molar-refractivity contribution in [1.29, 1.82) is 0 Å². The fraction of sp³-hybridized carbons (Fsp3) is 0.111. The van der Waals surface area contributed by atoms with Gasteiger partial charge in [0.1, 0.15) is 43.1 Å². The quantitative estimate of drug-likeness (QED) is 0.0431. The predicted molar refractivity (Wildman–Crippen MR) is 206 cm³/mol. The summed E-state index contributed by atoms with van der Waals surface area (Å²) in [5.74, 6) is -0.623. The number of phenolic OH excluding ortho intramolecular Hbond substituents is 2. The van der Waals surface area contributed by atoms with Crippen molar-refractivity contribution < 1.29 is 46.0 Å². The van der Waals surface area contributed by atoms with Gasteiger partial charge in [-0.1, -0.05) is 62.4 Å². The van der Waals surface area contributed by atoms with Crippen molar-refractivity contribution >= 4 is 125 Å². The van der Waals surface area contributed by atoms with Gasteiger partial charge in [-0.15, -0.1) is 20.5 Å². The van der Waals surface area contributed by atoms with Crippen LogP contribution in [0.2, 0.25) is 0 Å². The van der Waals surface area contributed by atoms with E-state index < -0.39 is 39.9 Å². The Morgan fingerprint density at radius 3 is 1.16 bits per heavy atom. The van der Waals surface area contributed by atoms with E-state index in [2.05, 4.69) is 20.5 Å². The van der Waals surface area contributed by atoms with Gasteiger partial charge in [0.15, 0.2) is 11.4 Å². The summed E-state index contributed by atoms with van der Waals surface area (Å²) in [6.45, 7) is 3.61. The zero-order valence-electron chi connectivity index (χ0n) is 29.8. The van der Waals surface area contributed by atoms with Crippen LogP contribution in [0.4, 0.5) is 34.1 Å². The minimum Gasteiger partial charge on any atom is -0.744 e. The molecule has 0 saturated heterocycles. The molecule has 0 spiro atoms. The number of benzene rings is 6. The van der Waals surface area contributed by atoms with Crippen molar-refractivity contribution in [2.24, 2.45) is 20.5 Å². The summed E-state index contributed by atoms with van der Waals surface area (Å²) < 4.78 is 68.9. The number of nitro benzene ring substituents is 2. The van der Waals surface area contributed by atoms with Crippen molar-refractivity contribution in [2.45, 2.75) is 36.5 Å². The number of phenols is 2. The van der Waals surface area contributed by atoms with E-state index in [-0.39, 0.29) is 116 Å². The number of rotatable bonds is 10. The second-order valence-corrected chi connectivity index (χ2v) is 14.4. The number of hydrogen-bond acceptors (Lipinski definition) is 16. The Morgan fingerprint density at radius 1 is 0.509 bits per heavy atom. The van der Waals surface area contributed by atoms with Crippen LogP contribution in [0.5, 0.6) is 11.5 Å². The average Bonchev–Trinajstić information content (AvgIpc) is 3.15. The molecule has 2 N–H and O–H groups in total. The van der Waals surface area contributed by atoms with Crippen LogP contribution in [-0.4, -0.2) is 94.9 Å². The Bertz CT molecular complexity index is 2640. The Hall–Kier alpha value is -5.17. The summed E-state index contributed by atoms with van der Waals surface area (Å²) in [7, 11) is -9.50. The Balaban J connectivity index is 0.000000248. The van der Waals surface area contributed by atoms with E-state index in [0.717, 1.165) is 12.1 Å². The van der Waals surface area contributed by atoms with Crippen LogP contribution in [0.15, 0.2) is 127 Å². The van der Waals surface area contributed by atoms with Crippen molar-refractivity contribution in [1.82, 2.24) is 0 Å². The maximum Gasteiger partial charge on any atom is 2.00 e. The zero-order chi connectivity index (χ0) is 40.9. The molecule has 0 aromatic heterocycles. The van der Waals surface area contributed by atoms with E-state index in [4.69, 9.17) is 0 Å². The number of nitro groups is 2. The van der Waals surface area contributed by atoms with Gasteiger partial charge in [0.2, 0.25) is 0 Å². The molecule has 0 unspecified atom stereocenters. The standard InChI is InChI=1S/2C18H15N3O6S.Ba/c2*1-2-11-5-3-7-14(21(23)24)17(11)19-20-18-13-6-4-8-16(28(25,26)27)12(13)9-10-15(18)22;/h2*3-10,22H,2H2,1H3,(H,25,26,27);/q;;+2/p-2. The van der Waals surface area contributed by atoms with Crippen molar-refractivity contribution in [3.8, 4) is 11.5 Å². The molecule has 0 bridgehead atoms. The first-order valence-corrected chi connectivity index (χ1v) is 19.1. The Kier molecular flexibility index (Phi) is 14.4. The summed E-state index contributed by atoms with van der Waals surface area (Å²) >= 11 is 0. The summed E-state index contributed by atoms with van der Waals surface area (Å²) in [5, 5.41) is 59.3. The first-order valence-electron chi connectivity index (χ1n) is 16.2. The van der Waals surface area contributed by atoms with Gasteiger partial charge in [0.05, 0.1) is 19.6 Å². The van der Waals surface area contributed by atoms with Gasteiger partial charge < -0.3 is 19.3 Å². The van der Waals surface area contributed by atoms with Crippen LogP contribution < -0.4 is 0 Å². The normalized spacial score (nSPS) is 11.7. The molecule has 288 valence electrons. The molecule has 6 rings (SSSR count). The van der Waals surface area contributed by atoms with Crippen LogP contribution in [0.3, 0.4) is 0 Å². The van der Waals surface area contributed by atoms with Crippen molar-refractivity contribution in [3.05, 3.63) is 128 Å². The predicted octanol–water partition coefficient (Wildman–Crippen LogP) is 8.29. The molecular formula is C36H28BaN6O12S2. The first kappa shape index (κ1) is 44.5. The number of azo groups is 2.